The largest absolute Gasteiger partial charge is 0.506 e. The zero-order valence-corrected chi connectivity index (χ0v) is 14.0. The topological polar surface area (TPSA) is 88.3 Å². The molecule has 1 aromatic heterocycles. The molecule has 8 heteroatoms. The average molecular weight is 359 g/mol. The first-order valence-corrected chi connectivity index (χ1v) is 8.31. The molecule has 0 atom stereocenters. The second-order valence-corrected chi connectivity index (χ2v) is 6.16. The first-order valence-electron chi connectivity index (χ1n) is 7.33. The Labute approximate surface area is 147 Å². The predicted molar refractivity (Wildman–Crippen MR) is 91.9 cm³/mol. The molecule has 3 rings (SSSR count). The molecule has 6 nitrogen and oxygen atoms in total. The summed E-state index contributed by atoms with van der Waals surface area (Å²) in [6, 6.07) is 10.6. The van der Waals surface area contributed by atoms with Crippen molar-refractivity contribution < 1.29 is 18.7 Å². The highest BCUT2D eigenvalue weighted by molar-refractivity contribution is 7.99. The number of hydrogen-bond acceptors (Lipinski definition) is 6. The molecule has 0 fully saturated rings. The molecule has 3 aromatic rings. The Morgan fingerprint density at radius 2 is 2.00 bits per heavy atom. The number of phenols is 1. The molecule has 1 heterocycles. The van der Waals surface area contributed by atoms with E-state index in [4.69, 9.17) is 4.42 Å². The van der Waals surface area contributed by atoms with Gasteiger partial charge >= 0.3 is 0 Å². The highest BCUT2D eigenvalue weighted by atomic mass is 32.2. The summed E-state index contributed by atoms with van der Waals surface area (Å²) in [5.74, 6) is -0.369. The molecule has 1 amide bonds. The zero-order chi connectivity index (χ0) is 17.8. The lowest BCUT2D eigenvalue weighted by molar-refractivity contribution is -0.113. The number of aryl methyl sites for hydroxylation is 1. The summed E-state index contributed by atoms with van der Waals surface area (Å²) in [6.07, 6.45) is 0. The first-order chi connectivity index (χ1) is 12.0. The van der Waals surface area contributed by atoms with Crippen LogP contribution in [-0.4, -0.2) is 27.0 Å². The maximum absolute atomic E-state index is 12.9. The SMILES string of the molecule is Cc1ccc(NC(=O)CSc2nnc(-c3ccc(F)cc3)o2)c(O)c1. The maximum atomic E-state index is 12.9. The van der Waals surface area contributed by atoms with Gasteiger partial charge in [0.1, 0.15) is 11.6 Å². The molecule has 0 aliphatic rings. The predicted octanol–water partition coefficient (Wildman–Crippen LogP) is 3.62. The number of phenolic OH excluding ortho intramolecular Hbond substituents is 1. The van der Waals surface area contributed by atoms with E-state index in [-0.39, 0.29) is 34.3 Å². The van der Waals surface area contributed by atoms with E-state index in [1.165, 1.54) is 24.3 Å². The first kappa shape index (κ1) is 17.0. The van der Waals surface area contributed by atoms with Gasteiger partial charge in [0.15, 0.2) is 0 Å². The van der Waals surface area contributed by atoms with Gasteiger partial charge in [0.2, 0.25) is 11.8 Å². The van der Waals surface area contributed by atoms with Gasteiger partial charge in [0.25, 0.3) is 5.22 Å². The Bertz CT molecular complexity index is 896. The smallest absolute Gasteiger partial charge is 0.277 e. The van der Waals surface area contributed by atoms with Crippen molar-refractivity contribution in [1.82, 2.24) is 10.2 Å². The number of rotatable bonds is 5. The summed E-state index contributed by atoms with van der Waals surface area (Å²) in [6.45, 7) is 1.84. The summed E-state index contributed by atoms with van der Waals surface area (Å²) < 4.78 is 18.4. The average Bonchev–Trinajstić information content (AvgIpc) is 3.05. The number of aromatic hydroxyl groups is 1. The molecule has 0 bridgehead atoms. The second-order valence-electron chi connectivity index (χ2n) is 5.24. The van der Waals surface area contributed by atoms with E-state index in [0.717, 1.165) is 17.3 Å². The Morgan fingerprint density at radius 3 is 2.72 bits per heavy atom. The molecule has 0 saturated carbocycles. The Kier molecular flexibility index (Phi) is 4.99. The second kappa shape index (κ2) is 7.35. The molecule has 128 valence electrons. The number of nitrogens with zero attached hydrogens (tertiary/aromatic N) is 2. The standard InChI is InChI=1S/C17H14FN3O3S/c1-10-2-7-13(14(22)8-10)19-15(23)9-25-17-21-20-16(24-17)11-3-5-12(18)6-4-11/h2-8,22H,9H2,1H3,(H,19,23). The van der Waals surface area contributed by atoms with Gasteiger partial charge in [-0.25, -0.2) is 4.39 Å². The van der Waals surface area contributed by atoms with Crippen LogP contribution < -0.4 is 5.32 Å². The van der Waals surface area contributed by atoms with Crippen molar-refractivity contribution in [3.8, 4) is 17.2 Å². The van der Waals surface area contributed by atoms with E-state index in [9.17, 15) is 14.3 Å². The number of aromatic nitrogens is 2. The maximum Gasteiger partial charge on any atom is 0.277 e. The molecule has 2 aromatic carbocycles. The van der Waals surface area contributed by atoms with E-state index in [0.29, 0.717) is 11.3 Å². The van der Waals surface area contributed by atoms with Gasteiger partial charge in [-0.1, -0.05) is 17.8 Å². The normalized spacial score (nSPS) is 10.6. The number of amides is 1. The van der Waals surface area contributed by atoms with Crippen LogP contribution in [0.3, 0.4) is 0 Å². The number of carbonyl (C=O) groups excluding carboxylic acids is 1. The fraction of sp³-hybridized carbons (Fsp3) is 0.118. The van der Waals surface area contributed by atoms with E-state index in [1.807, 2.05) is 6.92 Å². The van der Waals surface area contributed by atoms with Crippen molar-refractivity contribution >= 4 is 23.4 Å². The van der Waals surface area contributed by atoms with Crippen molar-refractivity contribution in [1.29, 1.82) is 0 Å². The summed E-state index contributed by atoms with van der Waals surface area (Å²) in [5, 5.41) is 20.3. The van der Waals surface area contributed by atoms with Gasteiger partial charge in [-0.3, -0.25) is 4.79 Å². The lowest BCUT2D eigenvalue weighted by Crippen LogP contribution is -2.14. The number of benzene rings is 2. The Balaban J connectivity index is 1.58. The number of thioether (sulfide) groups is 1. The molecular weight excluding hydrogens is 345 g/mol. The van der Waals surface area contributed by atoms with Crippen LogP contribution in [0, 0.1) is 12.7 Å². The van der Waals surface area contributed by atoms with Crippen LogP contribution in [0.4, 0.5) is 10.1 Å². The van der Waals surface area contributed by atoms with Crippen LogP contribution in [-0.2, 0) is 4.79 Å². The fourth-order valence-corrected chi connectivity index (χ4v) is 2.60. The number of carbonyl (C=O) groups is 1. The van der Waals surface area contributed by atoms with E-state index in [2.05, 4.69) is 15.5 Å². The third kappa shape index (κ3) is 4.36. The van der Waals surface area contributed by atoms with Crippen molar-refractivity contribution in [3.63, 3.8) is 0 Å². The van der Waals surface area contributed by atoms with Crippen LogP contribution in [0.25, 0.3) is 11.5 Å². The summed E-state index contributed by atoms with van der Waals surface area (Å²) in [4.78, 5) is 12.0. The number of anilines is 1. The monoisotopic (exact) mass is 359 g/mol. The summed E-state index contributed by atoms with van der Waals surface area (Å²) >= 11 is 1.07. The van der Waals surface area contributed by atoms with Gasteiger partial charge < -0.3 is 14.8 Å². The summed E-state index contributed by atoms with van der Waals surface area (Å²) in [7, 11) is 0. The fourth-order valence-electron chi connectivity index (χ4n) is 2.04. The lowest BCUT2D eigenvalue weighted by atomic mass is 10.2. The minimum atomic E-state index is -0.353. The molecule has 0 spiro atoms. The van der Waals surface area contributed by atoms with Gasteiger partial charge in [-0.15, -0.1) is 10.2 Å². The van der Waals surface area contributed by atoms with Crippen molar-refractivity contribution in [2.24, 2.45) is 0 Å². The minimum Gasteiger partial charge on any atom is -0.506 e. The van der Waals surface area contributed by atoms with Crippen molar-refractivity contribution in [2.75, 3.05) is 11.1 Å². The Morgan fingerprint density at radius 1 is 1.24 bits per heavy atom. The van der Waals surface area contributed by atoms with Crippen LogP contribution in [0.15, 0.2) is 52.1 Å². The van der Waals surface area contributed by atoms with Crippen molar-refractivity contribution in [2.45, 2.75) is 12.1 Å². The molecule has 0 aliphatic carbocycles. The molecule has 25 heavy (non-hydrogen) atoms. The van der Waals surface area contributed by atoms with Gasteiger partial charge in [0.05, 0.1) is 11.4 Å². The number of hydrogen-bond donors (Lipinski definition) is 2. The number of halogens is 1. The molecule has 2 N–H and O–H groups in total. The minimum absolute atomic E-state index is 0.00902. The molecule has 0 radical (unpaired) electrons. The number of nitrogens with one attached hydrogen (secondary N) is 1. The zero-order valence-electron chi connectivity index (χ0n) is 13.2. The van der Waals surface area contributed by atoms with Crippen molar-refractivity contribution in [3.05, 3.63) is 53.8 Å². The lowest BCUT2D eigenvalue weighted by Gasteiger charge is -2.06. The van der Waals surface area contributed by atoms with E-state index in [1.54, 1.807) is 18.2 Å². The molecule has 0 saturated heterocycles. The van der Waals surface area contributed by atoms with Crippen LogP contribution in [0.1, 0.15) is 5.56 Å². The van der Waals surface area contributed by atoms with Gasteiger partial charge in [-0.05, 0) is 48.9 Å². The Hall–Kier alpha value is -2.87. The highest BCUT2D eigenvalue weighted by Gasteiger charge is 2.12. The molecular formula is C17H14FN3O3S. The summed E-state index contributed by atoms with van der Waals surface area (Å²) in [5.41, 5.74) is 1.83. The molecule has 0 aliphatic heterocycles. The van der Waals surface area contributed by atoms with Crippen LogP contribution >= 0.6 is 11.8 Å². The third-order valence-corrected chi connectivity index (χ3v) is 4.07. The van der Waals surface area contributed by atoms with Crippen LogP contribution in [0.5, 0.6) is 5.75 Å². The van der Waals surface area contributed by atoms with E-state index >= 15 is 0 Å². The van der Waals surface area contributed by atoms with Gasteiger partial charge in [0, 0.05) is 5.56 Å². The highest BCUT2D eigenvalue weighted by Crippen LogP contribution is 2.26. The van der Waals surface area contributed by atoms with E-state index < -0.39 is 0 Å². The quantitative estimate of drug-likeness (QED) is 0.534. The van der Waals surface area contributed by atoms with Crippen LogP contribution in [0.2, 0.25) is 0 Å². The van der Waals surface area contributed by atoms with Gasteiger partial charge in [-0.2, -0.15) is 0 Å². The molecule has 0 unspecified atom stereocenters. The third-order valence-electron chi connectivity index (χ3n) is 3.25.